The van der Waals surface area contributed by atoms with Crippen LogP contribution in [-0.4, -0.2) is 26.3 Å². The minimum Gasteiger partial charge on any atom is -0.370 e. The summed E-state index contributed by atoms with van der Waals surface area (Å²) in [5.74, 6) is 0. The fourth-order valence-electron chi connectivity index (χ4n) is 0.580. The van der Waals surface area contributed by atoms with Crippen molar-refractivity contribution >= 4 is 0 Å². The van der Waals surface area contributed by atoms with E-state index in [4.69, 9.17) is 4.74 Å². The second-order valence-corrected chi connectivity index (χ2v) is 1.48. The van der Waals surface area contributed by atoms with Gasteiger partial charge in [-0.15, -0.1) is 0 Å². The molecule has 0 bridgehead atoms. The van der Waals surface area contributed by atoms with Gasteiger partial charge >= 0.3 is 0 Å². The summed E-state index contributed by atoms with van der Waals surface area (Å²) < 4.78 is 5.04. The molecule has 2 N–H and O–H groups in total. The highest BCUT2D eigenvalue weighted by Crippen LogP contribution is 1.69. The van der Waals surface area contributed by atoms with E-state index in [0.717, 1.165) is 26.3 Å². The van der Waals surface area contributed by atoms with Gasteiger partial charge in [0, 0.05) is 1.43 Å². The maximum Gasteiger partial charge on any atom is 0.0993 e. The number of hydrogen-bond acceptors (Lipinski definition) is 1. The molecule has 1 heterocycles. The summed E-state index contributed by atoms with van der Waals surface area (Å²) in [4.78, 5) is 0. The molecule has 38 valence electrons. The first kappa shape index (κ1) is 4.09. The maximum atomic E-state index is 5.04. The standard InChI is InChI=1S/C4H9NO.H2/c1-3-6-4-2-5-1;/h5H,1-4H2;1H/p+1. The zero-order valence-corrected chi connectivity index (χ0v) is 3.81. The monoisotopic (exact) mass is 90.1 g/mol. The summed E-state index contributed by atoms with van der Waals surface area (Å²) in [5.41, 5.74) is 0. The molecule has 0 saturated carbocycles. The van der Waals surface area contributed by atoms with Gasteiger partial charge in [0.25, 0.3) is 0 Å². The zero-order valence-electron chi connectivity index (χ0n) is 3.81. The molecule has 1 fully saturated rings. The number of rotatable bonds is 0. The first-order chi connectivity index (χ1) is 3.00. The lowest BCUT2D eigenvalue weighted by Crippen LogP contribution is -2.87. The molecule has 1 aliphatic rings. The summed E-state index contributed by atoms with van der Waals surface area (Å²) in [6.45, 7) is 4.19. The van der Waals surface area contributed by atoms with Crippen LogP contribution in [0.15, 0.2) is 0 Å². The van der Waals surface area contributed by atoms with E-state index in [9.17, 15) is 0 Å². The molecular weight excluding hydrogens is 78.0 g/mol. The summed E-state index contributed by atoms with van der Waals surface area (Å²) in [6, 6.07) is 0. The Morgan fingerprint density at radius 1 is 1.33 bits per heavy atom. The zero-order chi connectivity index (χ0) is 4.24. The number of hydrogen-bond donors (Lipinski definition) is 1. The number of quaternary nitrogens is 1. The van der Waals surface area contributed by atoms with Crippen molar-refractivity contribution in [1.82, 2.24) is 0 Å². The molecule has 1 saturated heterocycles. The van der Waals surface area contributed by atoms with Crippen molar-refractivity contribution in [2.24, 2.45) is 0 Å². The van der Waals surface area contributed by atoms with E-state index in [-0.39, 0.29) is 1.43 Å². The Labute approximate surface area is 39.0 Å². The Morgan fingerprint density at radius 2 is 2.00 bits per heavy atom. The maximum absolute atomic E-state index is 5.04. The molecule has 2 nitrogen and oxygen atoms in total. The molecule has 0 aromatic rings. The highest BCUT2D eigenvalue weighted by atomic mass is 16.5. The fraction of sp³-hybridized carbons (Fsp3) is 1.00. The minimum absolute atomic E-state index is 0. The van der Waals surface area contributed by atoms with Crippen LogP contribution in [0, 0.1) is 0 Å². The molecule has 0 unspecified atom stereocenters. The third-order valence-electron chi connectivity index (χ3n) is 0.933. The predicted octanol–water partition coefficient (Wildman–Crippen LogP) is -1.17. The van der Waals surface area contributed by atoms with Crippen molar-refractivity contribution < 1.29 is 11.5 Å². The van der Waals surface area contributed by atoms with Gasteiger partial charge in [0.05, 0.1) is 26.3 Å². The van der Waals surface area contributed by atoms with Crippen LogP contribution in [0.1, 0.15) is 1.43 Å². The molecule has 0 aromatic carbocycles. The van der Waals surface area contributed by atoms with E-state index in [0.29, 0.717) is 0 Å². The Hall–Kier alpha value is -0.0800. The first-order valence-corrected chi connectivity index (χ1v) is 2.39. The molecule has 0 aliphatic carbocycles. The highest BCUT2D eigenvalue weighted by Gasteiger charge is 1.96. The largest absolute Gasteiger partial charge is 0.370 e. The smallest absolute Gasteiger partial charge is 0.0993 e. The quantitative estimate of drug-likeness (QED) is 0.398. The van der Waals surface area contributed by atoms with Crippen LogP contribution in [0.4, 0.5) is 0 Å². The SMILES string of the molecule is C1COCC[NH2+]1.[HH]. The van der Waals surface area contributed by atoms with Gasteiger partial charge in [-0.05, 0) is 0 Å². The van der Waals surface area contributed by atoms with Gasteiger partial charge in [-0.3, -0.25) is 0 Å². The molecular formula is C4H12NO+. The molecule has 1 rings (SSSR count). The third kappa shape index (κ3) is 0.954. The lowest BCUT2D eigenvalue weighted by molar-refractivity contribution is -0.670. The molecule has 0 aromatic heterocycles. The van der Waals surface area contributed by atoms with E-state index in [1.807, 2.05) is 0 Å². The van der Waals surface area contributed by atoms with Crippen LogP contribution in [0.3, 0.4) is 0 Å². The second-order valence-electron chi connectivity index (χ2n) is 1.48. The average Bonchev–Trinajstić information content (AvgIpc) is 1.72. The topological polar surface area (TPSA) is 25.8 Å². The van der Waals surface area contributed by atoms with E-state index in [1.165, 1.54) is 0 Å². The van der Waals surface area contributed by atoms with Crippen molar-refractivity contribution in [3.05, 3.63) is 0 Å². The van der Waals surface area contributed by atoms with Crippen molar-refractivity contribution in [2.75, 3.05) is 26.3 Å². The molecule has 1 aliphatic heterocycles. The van der Waals surface area contributed by atoms with Gasteiger partial charge in [0.2, 0.25) is 0 Å². The summed E-state index contributed by atoms with van der Waals surface area (Å²) in [5, 5.41) is 2.27. The van der Waals surface area contributed by atoms with Crippen LogP contribution < -0.4 is 5.32 Å². The Kier molecular flexibility index (Phi) is 1.47. The Balaban J connectivity index is 0.000000360. The van der Waals surface area contributed by atoms with Gasteiger partial charge in [-0.2, -0.15) is 0 Å². The Morgan fingerprint density at radius 3 is 2.17 bits per heavy atom. The van der Waals surface area contributed by atoms with Crippen LogP contribution >= 0.6 is 0 Å². The normalized spacial score (nSPS) is 24.0. The van der Waals surface area contributed by atoms with Crippen molar-refractivity contribution in [3.8, 4) is 0 Å². The summed E-state index contributed by atoms with van der Waals surface area (Å²) in [7, 11) is 0. The van der Waals surface area contributed by atoms with Gasteiger partial charge in [-0.1, -0.05) is 0 Å². The third-order valence-corrected chi connectivity index (χ3v) is 0.933. The van der Waals surface area contributed by atoms with Crippen molar-refractivity contribution in [2.45, 2.75) is 0 Å². The molecule has 0 spiro atoms. The number of morpholine rings is 1. The lowest BCUT2D eigenvalue weighted by Gasteiger charge is -2.07. The molecule has 0 atom stereocenters. The molecule has 0 amide bonds. The molecule has 6 heavy (non-hydrogen) atoms. The average molecular weight is 90.1 g/mol. The predicted molar refractivity (Wildman–Crippen MR) is 24.6 cm³/mol. The van der Waals surface area contributed by atoms with E-state index < -0.39 is 0 Å². The fourth-order valence-corrected chi connectivity index (χ4v) is 0.580. The minimum atomic E-state index is 0. The first-order valence-electron chi connectivity index (χ1n) is 2.39. The number of ether oxygens (including phenoxy) is 1. The van der Waals surface area contributed by atoms with E-state index in [1.54, 1.807) is 0 Å². The van der Waals surface area contributed by atoms with Crippen LogP contribution in [0.2, 0.25) is 0 Å². The van der Waals surface area contributed by atoms with Gasteiger partial charge in [0.1, 0.15) is 0 Å². The van der Waals surface area contributed by atoms with E-state index in [2.05, 4.69) is 5.32 Å². The number of nitrogens with two attached hydrogens (primary N) is 1. The van der Waals surface area contributed by atoms with Gasteiger partial charge in [-0.25, -0.2) is 0 Å². The summed E-state index contributed by atoms with van der Waals surface area (Å²) >= 11 is 0. The molecule has 2 heteroatoms. The molecule has 0 radical (unpaired) electrons. The van der Waals surface area contributed by atoms with Crippen molar-refractivity contribution in [1.29, 1.82) is 0 Å². The van der Waals surface area contributed by atoms with Gasteiger partial charge < -0.3 is 10.1 Å². The second kappa shape index (κ2) is 2.16. The summed E-state index contributed by atoms with van der Waals surface area (Å²) in [6.07, 6.45) is 0. The highest BCUT2D eigenvalue weighted by molar-refractivity contribution is 4.30. The lowest BCUT2D eigenvalue weighted by atomic mass is 10.5. The van der Waals surface area contributed by atoms with Crippen LogP contribution in [0.5, 0.6) is 0 Å². The van der Waals surface area contributed by atoms with Crippen LogP contribution in [-0.2, 0) is 4.74 Å². The van der Waals surface area contributed by atoms with Crippen LogP contribution in [0.25, 0.3) is 0 Å². The Bertz CT molecular complexity index is 27.2. The van der Waals surface area contributed by atoms with E-state index >= 15 is 0 Å². The van der Waals surface area contributed by atoms with Crippen molar-refractivity contribution in [3.63, 3.8) is 0 Å². The van der Waals surface area contributed by atoms with Gasteiger partial charge in [0.15, 0.2) is 0 Å².